The second kappa shape index (κ2) is 10.9. The maximum atomic E-state index is 12.0. The Labute approximate surface area is 200 Å². The third-order valence-electron chi connectivity index (χ3n) is 4.70. The van der Waals surface area contributed by atoms with Crippen molar-refractivity contribution in [2.24, 2.45) is 5.10 Å². The van der Waals surface area contributed by atoms with Crippen LogP contribution in [0.5, 0.6) is 5.75 Å². The predicted molar refractivity (Wildman–Crippen MR) is 132 cm³/mol. The smallest absolute Gasteiger partial charge is 0.338 e. The number of aromatic nitrogens is 1. The van der Waals surface area contributed by atoms with Gasteiger partial charge in [-0.25, -0.2) is 10.2 Å². The molecule has 0 spiro atoms. The van der Waals surface area contributed by atoms with Gasteiger partial charge in [-0.3, -0.25) is 4.79 Å². The molecule has 0 aliphatic rings. The Morgan fingerprint density at radius 1 is 1.12 bits per heavy atom. The fourth-order valence-corrected chi connectivity index (χ4v) is 3.73. The molecule has 1 amide bonds. The first kappa shape index (κ1) is 23.5. The lowest BCUT2D eigenvalue weighted by Crippen LogP contribution is -2.24. The van der Waals surface area contributed by atoms with E-state index in [2.05, 4.69) is 37.7 Å². The highest BCUT2D eigenvalue weighted by molar-refractivity contribution is 14.1. The molecule has 0 saturated carbocycles. The molecule has 166 valence electrons. The quantitative estimate of drug-likeness (QED) is 0.197. The van der Waals surface area contributed by atoms with Crippen LogP contribution in [0, 0.1) is 17.4 Å². The van der Waals surface area contributed by atoms with E-state index in [1.54, 1.807) is 25.3 Å². The lowest BCUT2D eigenvalue weighted by Gasteiger charge is -2.10. The molecule has 8 heteroatoms. The molecule has 0 saturated heterocycles. The fourth-order valence-electron chi connectivity index (χ4n) is 3.19. The Morgan fingerprint density at radius 2 is 1.84 bits per heavy atom. The van der Waals surface area contributed by atoms with Gasteiger partial charge in [-0.2, -0.15) is 5.10 Å². The number of amides is 1. The molecule has 0 unspecified atom stereocenters. The van der Waals surface area contributed by atoms with E-state index in [-0.39, 0.29) is 18.5 Å². The molecule has 1 heterocycles. The number of nitrogens with one attached hydrogen (secondary N) is 1. The summed E-state index contributed by atoms with van der Waals surface area (Å²) >= 11 is 2.15. The van der Waals surface area contributed by atoms with Gasteiger partial charge in [-0.1, -0.05) is 12.1 Å². The van der Waals surface area contributed by atoms with Gasteiger partial charge < -0.3 is 14.0 Å². The molecule has 1 N–H and O–H groups in total. The molecule has 32 heavy (non-hydrogen) atoms. The minimum Gasteiger partial charge on any atom is -0.483 e. The third-order valence-corrected chi connectivity index (χ3v) is 5.59. The van der Waals surface area contributed by atoms with Gasteiger partial charge in [-0.15, -0.1) is 0 Å². The van der Waals surface area contributed by atoms with E-state index >= 15 is 0 Å². The number of ether oxygens (including phenoxy) is 2. The highest BCUT2D eigenvalue weighted by Crippen LogP contribution is 2.21. The molecule has 7 nitrogen and oxygen atoms in total. The summed E-state index contributed by atoms with van der Waals surface area (Å²) in [6.07, 6.45) is 1.61. The van der Waals surface area contributed by atoms with E-state index in [9.17, 15) is 9.59 Å². The van der Waals surface area contributed by atoms with Gasteiger partial charge in [0.25, 0.3) is 5.91 Å². The van der Waals surface area contributed by atoms with Crippen molar-refractivity contribution in [3.63, 3.8) is 0 Å². The molecule has 0 bridgehead atoms. The van der Waals surface area contributed by atoms with Crippen molar-refractivity contribution in [3.8, 4) is 11.4 Å². The number of halogens is 1. The van der Waals surface area contributed by atoms with Crippen LogP contribution >= 0.6 is 22.6 Å². The molecule has 1 aromatic heterocycles. The van der Waals surface area contributed by atoms with E-state index in [1.807, 2.05) is 56.3 Å². The van der Waals surface area contributed by atoms with Crippen LogP contribution in [-0.4, -0.2) is 35.9 Å². The summed E-state index contributed by atoms with van der Waals surface area (Å²) in [5.41, 5.74) is 6.75. The Bertz CT molecular complexity index is 1140. The van der Waals surface area contributed by atoms with Crippen LogP contribution in [-0.2, 0) is 9.53 Å². The average Bonchev–Trinajstić information content (AvgIpc) is 3.06. The van der Waals surface area contributed by atoms with Crippen LogP contribution in [0.15, 0.2) is 59.7 Å². The SMILES string of the molecule is CCOC(=O)c1ccc(-n2c(C)cc(/C=N\NC(=O)COc3ccccc3I)c2C)cc1. The lowest BCUT2D eigenvalue weighted by molar-refractivity contribution is -0.123. The average molecular weight is 545 g/mol. The Balaban J connectivity index is 1.64. The molecular formula is C24H24IN3O4. The maximum Gasteiger partial charge on any atom is 0.338 e. The first-order chi connectivity index (χ1) is 15.4. The minimum atomic E-state index is -0.343. The van der Waals surface area contributed by atoms with Crippen LogP contribution < -0.4 is 10.2 Å². The van der Waals surface area contributed by atoms with Crippen molar-refractivity contribution < 1.29 is 19.1 Å². The standard InChI is InChI=1S/C24H24IN3O4/c1-4-31-24(30)18-9-11-20(12-10-18)28-16(2)13-19(17(28)3)14-26-27-23(29)15-32-22-8-6-5-7-21(22)25/h5-14H,4,15H2,1-3H3,(H,27,29)/b26-14-. The van der Waals surface area contributed by atoms with Crippen molar-refractivity contribution in [1.82, 2.24) is 9.99 Å². The number of hydrazone groups is 1. The zero-order valence-corrected chi connectivity index (χ0v) is 20.3. The van der Waals surface area contributed by atoms with Gasteiger partial charge in [0.15, 0.2) is 6.61 Å². The first-order valence-electron chi connectivity index (χ1n) is 10.1. The molecule has 2 aromatic carbocycles. The van der Waals surface area contributed by atoms with Gasteiger partial charge >= 0.3 is 5.97 Å². The van der Waals surface area contributed by atoms with Crippen LogP contribution in [0.4, 0.5) is 0 Å². The molecule has 0 fully saturated rings. The Hall–Kier alpha value is -3.14. The summed E-state index contributed by atoms with van der Waals surface area (Å²) in [6.45, 7) is 5.95. The number of benzene rings is 2. The van der Waals surface area contributed by atoms with Crippen LogP contribution in [0.3, 0.4) is 0 Å². The molecular weight excluding hydrogens is 521 g/mol. The number of hydrogen-bond donors (Lipinski definition) is 1. The Kier molecular flexibility index (Phi) is 8.04. The molecule has 0 aliphatic carbocycles. The number of para-hydroxylation sites is 1. The number of esters is 1. The van der Waals surface area contributed by atoms with Gasteiger partial charge in [0, 0.05) is 22.6 Å². The second-order valence-electron chi connectivity index (χ2n) is 6.94. The summed E-state index contributed by atoms with van der Waals surface area (Å²) < 4.78 is 13.5. The second-order valence-corrected chi connectivity index (χ2v) is 8.10. The van der Waals surface area contributed by atoms with E-state index < -0.39 is 0 Å². The maximum absolute atomic E-state index is 12.0. The van der Waals surface area contributed by atoms with Crippen LogP contribution in [0.2, 0.25) is 0 Å². The molecule has 0 atom stereocenters. The molecule has 3 rings (SSSR count). The minimum absolute atomic E-state index is 0.122. The largest absolute Gasteiger partial charge is 0.483 e. The van der Waals surface area contributed by atoms with Crippen LogP contribution in [0.1, 0.15) is 34.2 Å². The lowest BCUT2D eigenvalue weighted by atomic mass is 10.2. The number of rotatable bonds is 8. The van der Waals surface area contributed by atoms with Crippen molar-refractivity contribution >= 4 is 40.7 Å². The number of nitrogens with zero attached hydrogens (tertiary/aromatic N) is 2. The highest BCUT2D eigenvalue weighted by Gasteiger charge is 2.12. The van der Waals surface area contributed by atoms with Crippen molar-refractivity contribution in [1.29, 1.82) is 0 Å². The van der Waals surface area contributed by atoms with Crippen molar-refractivity contribution in [2.45, 2.75) is 20.8 Å². The molecule has 3 aromatic rings. The topological polar surface area (TPSA) is 81.9 Å². The van der Waals surface area contributed by atoms with Gasteiger partial charge in [0.2, 0.25) is 0 Å². The first-order valence-corrected chi connectivity index (χ1v) is 11.1. The fraction of sp³-hybridized carbons (Fsp3) is 0.208. The van der Waals surface area contributed by atoms with E-state index in [1.165, 1.54) is 0 Å². The number of carbonyl (C=O) groups excluding carboxylic acids is 2. The predicted octanol–water partition coefficient (Wildman–Crippen LogP) is 4.40. The van der Waals surface area contributed by atoms with Crippen molar-refractivity contribution in [3.05, 3.63) is 80.7 Å². The third kappa shape index (κ3) is 5.76. The zero-order chi connectivity index (χ0) is 23.1. The summed E-state index contributed by atoms with van der Waals surface area (Å²) in [5, 5.41) is 4.06. The summed E-state index contributed by atoms with van der Waals surface area (Å²) in [5.74, 6) is -0.0245. The zero-order valence-electron chi connectivity index (χ0n) is 18.1. The molecule has 0 radical (unpaired) electrons. The van der Waals surface area contributed by atoms with Gasteiger partial charge in [0.05, 0.1) is 22.0 Å². The Morgan fingerprint density at radius 3 is 2.53 bits per heavy atom. The highest BCUT2D eigenvalue weighted by atomic mass is 127. The number of hydrogen-bond acceptors (Lipinski definition) is 5. The summed E-state index contributed by atoms with van der Waals surface area (Å²) in [4.78, 5) is 23.9. The number of aryl methyl sites for hydroxylation is 1. The van der Waals surface area contributed by atoms with Crippen LogP contribution in [0.25, 0.3) is 5.69 Å². The van der Waals surface area contributed by atoms with E-state index in [4.69, 9.17) is 9.47 Å². The summed E-state index contributed by atoms with van der Waals surface area (Å²) in [7, 11) is 0. The summed E-state index contributed by atoms with van der Waals surface area (Å²) in [6, 6.07) is 16.7. The normalized spacial score (nSPS) is 10.9. The molecule has 0 aliphatic heterocycles. The van der Waals surface area contributed by atoms with E-state index in [0.717, 1.165) is 26.2 Å². The van der Waals surface area contributed by atoms with Gasteiger partial charge in [-0.05, 0) is 85.8 Å². The number of carbonyl (C=O) groups is 2. The monoisotopic (exact) mass is 545 g/mol. The van der Waals surface area contributed by atoms with Crippen molar-refractivity contribution in [2.75, 3.05) is 13.2 Å². The van der Waals surface area contributed by atoms with E-state index in [0.29, 0.717) is 17.9 Å². The van der Waals surface area contributed by atoms with Gasteiger partial charge in [0.1, 0.15) is 5.75 Å².